The van der Waals surface area contributed by atoms with Crippen LogP contribution < -0.4 is 5.32 Å². The van der Waals surface area contributed by atoms with Gasteiger partial charge in [-0.15, -0.1) is 0 Å². The van der Waals surface area contributed by atoms with Gasteiger partial charge in [0.2, 0.25) is 5.91 Å². The number of para-hydroxylation sites is 1. The maximum absolute atomic E-state index is 12.2. The van der Waals surface area contributed by atoms with Crippen molar-refractivity contribution < 1.29 is 39.9 Å². The van der Waals surface area contributed by atoms with E-state index >= 15 is 0 Å². The van der Waals surface area contributed by atoms with E-state index in [2.05, 4.69) is 5.32 Å². The number of aliphatic carboxylic acids is 1. The van der Waals surface area contributed by atoms with E-state index in [4.69, 9.17) is 4.74 Å². The van der Waals surface area contributed by atoms with Crippen LogP contribution in [0.2, 0.25) is 0 Å². The van der Waals surface area contributed by atoms with Crippen LogP contribution in [0.3, 0.4) is 0 Å². The number of amides is 1. The number of hydrogen-bond donors (Lipinski definition) is 6. The maximum Gasteiger partial charge on any atom is 0.326 e. The third-order valence-corrected chi connectivity index (χ3v) is 6.03. The van der Waals surface area contributed by atoms with E-state index in [0.29, 0.717) is 22.9 Å². The monoisotopic (exact) mass is 464 g/mol. The highest BCUT2D eigenvalue weighted by atomic mass is 16.6. The molecule has 6 unspecified atom stereocenters. The molecule has 2 aromatic rings. The number of aromatic nitrogens is 1. The Bertz CT molecular complexity index is 959. The predicted molar refractivity (Wildman–Crippen MR) is 118 cm³/mol. The summed E-state index contributed by atoms with van der Waals surface area (Å²) in [6, 6.07) is 5.93. The molecule has 2 heterocycles. The van der Waals surface area contributed by atoms with E-state index in [1.165, 1.54) is 0 Å². The Balaban J connectivity index is 1.89. The van der Waals surface area contributed by atoms with Crippen LogP contribution in [-0.2, 0) is 20.7 Å². The number of unbranched alkanes of at least 4 members (excludes halogenated alkanes) is 2. The molecule has 1 fully saturated rings. The molecule has 0 saturated carbocycles. The first-order valence-electron chi connectivity index (χ1n) is 11.2. The number of carboxylic acids is 1. The summed E-state index contributed by atoms with van der Waals surface area (Å²) in [7, 11) is 0. The maximum atomic E-state index is 12.2. The molecular weight excluding hydrogens is 432 g/mol. The highest BCUT2D eigenvalue weighted by molar-refractivity contribution is 5.87. The lowest BCUT2D eigenvalue weighted by atomic mass is 9.98. The molecule has 6 N–H and O–H groups in total. The van der Waals surface area contributed by atoms with Gasteiger partial charge in [-0.2, -0.15) is 0 Å². The molecule has 182 valence electrons. The van der Waals surface area contributed by atoms with Crippen LogP contribution in [0.5, 0.6) is 0 Å². The number of aliphatic hydroxyl groups is 4. The minimum atomic E-state index is -1.54. The number of carboxylic acid groups (broad SMARTS) is 1. The minimum absolute atomic E-state index is 0.000211. The average molecular weight is 465 g/mol. The van der Waals surface area contributed by atoms with Crippen molar-refractivity contribution in [3.63, 3.8) is 0 Å². The first-order valence-corrected chi connectivity index (χ1v) is 11.2. The van der Waals surface area contributed by atoms with Gasteiger partial charge >= 0.3 is 5.97 Å². The summed E-state index contributed by atoms with van der Waals surface area (Å²) in [4.78, 5) is 24.1. The normalized spacial score (nSPS) is 26.3. The molecule has 1 aliphatic heterocycles. The van der Waals surface area contributed by atoms with Crippen LogP contribution >= 0.6 is 0 Å². The fraction of sp³-hybridized carbons (Fsp3) is 0.565. The fourth-order valence-corrected chi connectivity index (χ4v) is 4.18. The molecule has 0 radical (unpaired) electrons. The standard InChI is InChI=1S/C23H32N2O8/c1-2-3-4-9-18(27)24-15(23(31)32)10-13-11-25(16-8-6-5-7-14(13)16)22-21(30)20(29)19(28)17(12-26)33-22/h5-8,11,15,17,19-22,26,28-30H,2-4,9-10,12H2,1H3,(H,24,27)(H,31,32). The van der Waals surface area contributed by atoms with E-state index in [1.54, 1.807) is 35.0 Å². The number of fused-ring (bicyclic) bond motifs is 1. The van der Waals surface area contributed by atoms with Crippen molar-refractivity contribution in [2.45, 2.75) is 75.7 Å². The number of carbonyl (C=O) groups excluding carboxylic acids is 1. The van der Waals surface area contributed by atoms with Crippen LogP contribution in [-0.4, -0.2) is 79.0 Å². The topological polar surface area (TPSA) is 161 Å². The molecule has 3 rings (SSSR count). The number of carbonyl (C=O) groups is 2. The van der Waals surface area contributed by atoms with Crippen molar-refractivity contribution in [3.05, 3.63) is 36.0 Å². The van der Waals surface area contributed by atoms with Gasteiger partial charge in [-0.1, -0.05) is 38.0 Å². The van der Waals surface area contributed by atoms with Crippen LogP contribution in [0, 0.1) is 0 Å². The summed E-state index contributed by atoms with van der Waals surface area (Å²) in [5.74, 6) is -1.49. The Morgan fingerprint density at radius 2 is 1.85 bits per heavy atom. The number of ether oxygens (including phenoxy) is 1. The fourth-order valence-electron chi connectivity index (χ4n) is 4.18. The molecule has 10 heteroatoms. The van der Waals surface area contributed by atoms with E-state index < -0.39 is 49.3 Å². The predicted octanol–water partition coefficient (Wildman–Crippen LogP) is 0.306. The Hall–Kier alpha value is -2.50. The van der Waals surface area contributed by atoms with Gasteiger partial charge in [-0.3, -0.25) is 4.79 Å². The Labute approximate surface area is 191 Å². The van der Waals surface area contributed by atoms with Gasteiger partial charge in [0.05, 0.1) is 12.1 Å². The second-order valence-corrected chi connectivity index (χ2v) is 8.42. The summed E-state index contributed by atoms with van der Waals surface area (Å²) < 4.78 is 7.23. The third-order valence-electron chi connectivity index (χ3n) is 6.03. The van der Waals surface area contributed by atoms with Gasteiger partial charge in [-0.25, -0.2) is 4.79 Å². The average Bonchev–Trinajstić information content (AvgIpc) is 3.16. The molecule has 0 aliphatic carbocycles. The lowest BCUT2D eigenvalue weighted by Gasteiger charge is -2.40. The third kappa shape index (κ3) is 5.53. The van der Waals surface area contributed by atoms with Crippen molar-refractivity contribution in [1.82, 2.24) is 9.88 Å². The van der Waals surface area contributed by atoms with Gasteiger partial charge in [0.15, 0.2) is 6.23 Å². The number of nitrogens with one attached hydrogen (secondary N) is 1. The largest absolute Gasteiger partial charge is 0.480 e. The molecule has 1 saturated heterocycles. The van der Waals surface area contributed by atoms with Gasteiger partial charge in [0.1, 0.15) is 30.5 Å². The smallest absolute Gasteiger partial charge is 0.326 e. The van der Waals surface area contributed by atoms with Crippen LogP contribution in [0.15, 0.2) is 30.5 Å². The van der Waals surface area contributed by atoms with Crippen LogP contribution in [0.4, 0.5) is 0 Å². The molecule has 1 amide bonds. The lowest BCUT2D eigenvalue weighted by Crippen LogP contribution is -2.56. The molecule has 10 nitrogen and oxygen atoms in total. The van der Waals surface area contributed by atoms with Gasteiger partial charge < -0.3 is 40.2 Å². The van der Waals surface area contributed by atoms with Gasteiger partial charge in [0, 0.05) is 24.4 Å². The Kier molecular flexibility index (Phi) is 8.44. The molecular formula is C23H32N2O8. The van der Waals surface area contributed by atoms with Gasteiger partial charge in [-0.05, 0) is 18.1 Å². The number of aliphatic hydroxyl groups excluding tert-OH is 4. The molecule has 0 bridgehead atoms. The van der Waals surface area contributed by atoms with Crippen molar-refractivity contribution in [3.8, 4) is 0 Å². The molecule has 1 aliphatic rings. The summed E-state index contributed by atoms with van der Waals surface area (Å²) in [5.41, 5.74) is 1.21. The molecule has 6 atom stereocenters. The Morgan fingerprint density at radius 1 is 1.12 bits per heavy atom. The number of hydrogen-bond acceptors (Lipinski definition) is 7. The van der Waals surface area contributed by atoms with Gasteiger partial charge in [0.25, 0.3) is 0 Å². The number of nitrogens with zero attached hydrogens (tertiary/aromatic N) is 1. The highest BCUT2D eigenvalue weighted by Crippen LogP contribution is 2.33. The lowest BCUT2D eigenvalue weighted by molar-refractivity contribution is -0.250. The highest BCUT2D eigenvalue weighted by Gasteiger charge is 2.44. The zero-order chi connectivity index (χ0) is 24.1. The Morgan fingerprint density at radius 3 is 2.52 bits per heavy atom. The van der Waals surface area contributed by atoms with Crippen molar-refractivity contribution in [1.29, 1.82) is 0 Å². The zero-order valence-corrected chi connectivity index (χ0v) is 18.5. The quantitative estimate of drug-likeness (QED) is 0.274. The second-order valence-electron chi connectivity index (χ2n) is 8.42. The van der Waals surface area contributed by atoms with Crippen LogP contribution in [0.1, 0.15) is 44.4 Å². The number of rotatable bonds is 10. The second kappa shape index (κ2) is 11.1. The summed E-state index contributed by atoms with van der Waals surface area (Å²) >= 11 is 0. The number of benzene rings is 1. The van der Waals surface area contributed by atoms with Crippen LogP contribution in [0.25, 0.3) is 10.9 Å². The molecule has 33 heavy (non-hydrogen) atoms. The van der Waals surface area contributed by atoms with Crippen molar-refractivity contribution in [2.24, 2.45) is 0 Å². The summed E-state index contributed by atoms with van der Waals surface area (Å²) in [5, 5.41) is 53.3. The first-order chi connectivity index (χ1) is 15.8. The molecule has 1 aromatic heterocycles. The first kappa shape index (κ1) is 25.1. The summed E-state index contributed by atoms with van der Waals surface area (Å²) in [6.45, 7) is 1.46. The van der Waals surface area contributed by atoms with E-state index in [1.807, 2.05) is 6.92 Å². The SMILES string of the molecule is CCCCCC(=O)NC(Cc1cn(C2OC(CO)C(O)C(O)C2O)c2ccccc12)C(=O)O. The zero-order valence-electron chi connectivity index (χ0n) is 18.5. The van der Waals surface area contributed by atoms with E-state index in [9.17, 15) is 35.1 Å². The summed E-state index contributed by atoms with van der Waals surface area (Å²) in [6.07, 6.45) is -2.32. The molecule has 1 aromatic carbocycles. The minimum Gasteiger partial charge on any atom is -0.480 e. The van der Waals surface area contributed by atoms with E-state index in [-0.39, 0.29) is 18.7 Å². The van der Waals surface area contributed by atoms with Crippen molar-refractivity contribution >= 4 is 22.8 Å². The van der Waals surface area contributed by atoms with E-state index in [0.717, 1.165) is 12.8 Å². The molecule has 0 spiro atoms. The van der Waals surface area contributed by atoms with Crippen molar-refractivity contribution in [2.75, 3.05) is 6.61 Å².